The van der Waals surface area contributed by atoms with Crippen molar-refractivity contribution < 1.29 is 9.53 Å². The molecule has 1 amide bonds. The highest BCUT2D eigenvalue weighted by Gasteiger charge is 2.24. The molecular formula is C16H30N2O2. The lowest BCUT2D eigenvalue weighted by Gasteiger charge is -2.36. The molecule has 0 radical (unpaired) electrons. The molecule has 2 heterocycles. The van der Waals surface area contributed by atoms with Crippen LogP contribution < -0.4 is 0 Å². The average Bonchev–Trinajstić information content (AvgIpc) is 2.47. The van der Waals surface area contributed by atoms with E-state index in [2.05, 4.69) is 11.8 Å². The molecule has 2 aliphatic rings. The third-order valence-corrected chi connectivity index (χ3v) is 5.00. The summed E-state index contributed by atoms with van der Waals surface area (Å²) in [6, 6.07) is 0.770. The summed E-state index contributed by atoms with van der Waals surface area (Å²) in [4.78, 5) is 16.4. The van der Waals surface area contributed by atoms with Crippen molar-refractivity contribution >= 4 is 5.91 Å². The topological polar surface area (TPSA) is 32.8 Å². The maximum atomic E-state index is 11.7. The number of rotatable bonds is 5. The molecule has 20 heavy (non-hydrogen) atoms. The maximum absolute atomic E-state index is 11.7. The Morgan fingerprint density at radius 2 is 1.90 bits per heavy atom. The van der Waals surface area contributed by atoms with Crippen molar-refractivity contribution in [3.8, 4) is 0 Å². The van der Waals surface area contributed by atoms with Crippen LogP contribution in [-0.4, -0.2) is 61.6 Å². The zero-order valence-corrected chi connectivity index (χ0v) is 13.1. The summed E-state index contributed by atoms with van der Waals surface area (Å²) in [6.45, 7) is 6.97. The Morgan fingerprint density at radius 3 is 2.55 bits per heavy atom. The summed E-state index contributed by atoms with van der Waals surface area (Å²) in [5.41, 5.74) is 0. The molecule has 1 atom stereocenters. The monoisotopic (exact) mass is 282 g/mol. The van der Waals surface area contributed by atoms with E-state index in [0.717, 1.165) is 37.9 Å². The Morgan fingerprint density at radius 1 is 1.15 bits per heavy atom. The molecule has 1 unspecified atom stereocenters. The van der Waals surface area contributed by atoms with Crippen molar-refractivity contribution in [3.05, 3.63) is 0 Å². The lowest BCUT2D eigenvalue weighted by atomic mass is 9.92. The van der Waals surface area contributed by atoms with Crippen LogP contribution in [0.1, 0.15) is 45.4 Å². The molecule has 0 N–H and O–H groups in total. The predicted octanol–water partition coefficient (Wildman–Crippen LogP) is 2.14. The van der Waals surface area contributed by atoms with E-state index in [4.69, 9.17) is 4.74 Å². The van der Waals surface area contributed by atoms with E-state index in [1.54, 1.807) is 7.11 Å². The molecule has 116 valence electrons. The number of carbonyl (C=O) groups is 1. The fraction of sp³-hybridized carbons (Fsp3) is 0.938. The van der Waals surface area contributed by atoms with Gasteiger partial charge in [0.2, 0.25) is 5.91 Å². The van der Waals surface area contributed by atoms with Gasteiger partial charge >= 0.3 is 0 Å². The van der Waals surface area contributed by atoms with E-state index >= 15 is 0 Å². The number of hydrogen-bond donors (Lipinski definition) is 0. The Bertz CT molecular complexity index is 301. The van der Waals surface area contributed by atoms with Gasteiger partial charge in [-0.1, -0.05) is 6.42 Å². The first-order valence-electron chi connectivity index (χ1n) is 8.21. The molecule has 2 aliphatic heterocycles. The van der Waals surface area contributed by atoms with Crippen LogP contribution in [0.25, 0.3) is 0 Å². The first-order chi connectivity index (χ1) is 9.70. The molecule has 0 aromatic carbocycles. The normalized spacial score (nSPS) is 25.9. The second-order valence-electron chi connectivity index (χ2n) is 6.43. The second kappa shape index (κ2) is 7.99. The number of nitrogens with zero attached hydrogens (tertiary/aromatic N) is 2. The van der Waals surface area contributed by atoms with Crippen molar-refractivity contribution in [2.75, 3.05) is 39.9 Å². The van der Waals surface area contributed by atoms with Crippen LogP contribution in [0.15, 0.2) is 0 Å². The number of methoxy groups -OCH3 is 1. The quantitative estimate of drug-likeness (QED) is 0.774. The van der Waals surface area contributed by atoms with Crippen LogP contribution in [0, 0.1) is 5.92 Å². The van der Waals surface area contributed by atoms with Gasteiger partial charge in [0.05, 0.1) is 0 Å². The van der Waals surface area contributed by atoms with Crippen LogP contribution in [0.2, 0.25) is 0 Å². The zero-order chi connectivity index (χ0) is 14.4. The molecule has 2 fully saturated rings. The van der Waals surface area contributed by atoms with Gasteiger partial charge in [-0.15, -0.1) is 0 Å². The van der Waals surface area contributed by atoms with Crippen LogP contribution in [0.5, 0.6) is 0 Å². The average molecular weight is 282 g/mol. The lowest BCUT2D eigenvalue weighted by Crippen LogP contribution is -2.42. The summed E-state index contributed by atoms with van der Waals surface area (Å²) in [7, 11) is 1.59. The molecule has 0 spiro atoms. The number of likely N-dealkylation sites (tertiary alicyclic amines) is 2. The number of hydrogen-bond acceptors (Lipinski definition) is 3. The maximum Gasteiger partial charge on any atom is 0.248 e. The van der Waals surface area contributed by atoms with Crippen LogP contribution in [0.4, 0.5) is 0 Å². The van der Waals surface area contributed by atoms with E-state index in [0.29, 0.717) is 0 Å². The third kappa shape index (κ3) is 4.45. The first kappa shape index (κ1) is 15.8. The van der Waals surface area contributed by atoms with E-state index in [1.807, 2.05) is 4.90 Å². The lowest BCUT2D eigenvalue weighted by molar-refractivity contribution is -0.136. The van der Waals surface area contributed by atoms with E-state index < -0.39 is 0 Å². The number of ether oxygens (including phenoxy) is 1. The summed E-state index contributed by atoms with van der Waals surface area (Å²) < 4.78 is 4.92. The van der Waals surface area contributed by atoms with Gasteiger partial charge < -0.3 is 14.5 Å². The Balaban J connectivity index is 1.65. The molecular weight excluding hydrogens is 252 g/mol. The molecule has 4 heteroatoms. The van der Waals surface area contributed by atoms with Gasteiger partial charge in [-0.2, -0.15) is 0 Å². The van der Waals surface area contributed by atoms with Crippen LogP contribution in [0.3, 0.4) is 0 Å². The Labute approximate surface area is 123 Å². The van der Waals surface area contributed by atoms with Gasteiger partial charge in [0.25, 0.3) is 0 Å². The van der Waals surface area contributed by atoms with Crippen molar-refractivity contribution in [3.63, 3.8) is 0 Å². The molecule has 2 rings (SSSR count). The highest BCUT2D eigenvalue weighted by atomic mass is 16.5. The van der Waals surface area contributed by atoms with Crippen molar-refractivity contribution in [2.24, 2.45) is 5.92 Å². The number of carbonyl (C=O) groups excluding carboxylic acids is 1. The minimum absolute atomic E-state index is 0.149. The predicted molar refractivity (Wildman–Crippen MR) is 80.7 cm³/mol. The van der Waals surface area contributed by atoms with Crippen LogP contribution in [-0.2, 0) is 9.53 Å². The Hall–Kier alpha value is -0.610. The summed E-state index contributed by atoms with van der Waals surface area (Å²) >= 11 is 0. The minimum atomic E-state index is 0.149. The first-order valence-corrected chi connectivity index (χ1v) is 8.21. The number of piperidine rings is 2. The molecule has 0 aromatic rings. The molecule has 0 aliphatic carbocycles. The Kier molecular flexibility index (Phi) is 6.30. The molecule has 0 saturated carbocycles. The molecule has 0 aromatic heterocycles. The van der Waals surface area contributed by atoms with Gasteiger partial charge in [-0.3, -0.25) is 4.79 Å². The van der Waals surface area contributed by atoms with Gasteiger partial charge in [0, 0.05) is 26.2 Å². The SMILES string of the molecule is COCC(=O)N1CCC(CCN2CCCCC2C)CC1. The van der Waals surface area contributed by atoms with Gasteiger partial charge in [-0.05, 0) is 58.0 Å². The van der Waals surface area contributed by atoms with E-state index in [-0.39, 0.29) is 12.5 Å². The molecule has 2 saturated heterocycles. The standard InChI is InChI=1S/C16H30N2O2/c1-14-5-3-4-9-17(14)10-6-15-7-11-18(12-8-15)16(19)13-20-2/h14-15H,3-13H2,1-2H3. The minimum Gasteiger partial charge on any atom is -0.375 e. The van der Waals surface area contributed by atoms with Crippen molar-refractivity contribution in [2.45, 2.75) is 51.5 Å². The second-order valence-corrected chi connectivity index (χ2v) is 6.43. The van der Waals surface area contributed by atoms with Gasteiger partial charge in [0.1, 0.15) is 6.61 Å². The zero-order valence-electron chi connectivity index (χ0n) is 13.1. The largest absolute Gasteiger partial charge is 0.375 e. The smallest absolute Gasteiger partial charge is 0.248 e. The summed E-state index contributed by atoms with van der Waals surface area (Å²) in [5.74, 6) is 0.950. The molecule has 4 nitrogen and oxygen atoms in total. The molecule has 0 bridgehead atoms. The van der Waals surface area contributed by atoms with E-state index in [9.17, 15) is 4.79 Å². The fourth-order valence-corrected chi connectivity index (χ4v) is 3.52. The van der Waals surface area contributed by atoms with Gasteiger partial charge in [-0.25, -0.2) is 0 Å². The highest BCUT2D eigenvalue weighted by molar-refractivity contribution is 5.77. The van der Waals surface area contributed by atoms with Crippen LogP contribution >= 0.6 is 0 Å². The number of amides is 1. The van der Waals surface area contributed by atoms with Crippen molar-refractivity contribution in [1.82, 2.24) is 9.80 Å². The third-order valence-electron chi connectivity index (χ3n) is 5.00. The fourth-order valence-electron chi connectivity index (χ4n) is 3.52. The summed E-state index contributed by atoms with van der Waals surface area (Å²) in [5, 5.41) is 0. The van der Waals surface area contributed by atoms with E-state index in [1.165, 1.54) is 38.8 Å². The highest BCUT2D eigenvalue weighted by Crippen LogP contribution is 2.23. The van der Waals surface area contributed by atoms with Gasteiger partial charge in [0.15, 0.2) is 0 Å². The summed E-state index contributed by atoms with van der Waals surface area (Å²) in [6.07, 6.45) is 7.77. The van der Waals surface area contributed by atoms with Crippen molar-refractivity contribution in [1.29, 1.82) is 0 Å².